The minimum absolute atomic E-state index is 0.0199. The van der Waals surface area contributed by atoms with Gasteiger partial charge in [-0.25, -0.2) is 21.6 Å². The average molecular weight is 641 g/mol. The summed E-state index contributed by atoms with van der Waals surface area (Å²) in [5.41, 5.74) is 3.11. The number of rotatable bonds is 0. The van der Waals surface area contributed by atoms with Gasteiger partial charge in [0.1, 0.15) is 5.75 Å². The zero-order valence-electron chi connectivity index (χ0n) is 23.6. The van der Waals surface area contributed by atoms with E-state index in [1.807, 2.05) is 12.1 Å². The summed E-state index contributed by atoms with van der Waals surface area (Å²) < 4.78 is 62.5. The summed E-state index contributed by atoms with van der Waals surface area (Å²) >= 11 is 6.37. The van der Waals surface area contributed by atoms with Gasteiger partial charge in [-0.15, -0.1) is 0 Å². The topological polar surface area (TPSA) is 110 Å². The van der Waals surface area contributed by atoms with Gasteiger partial charge in [0.25, 0.3) is 10.0 Å². The molecule has 1 spiro atoms. The number of amides is 1. The van der Waals surface area contributed by atoms with E-state index < -0.39 is 25.8 Å². The number of sulfonamides is 1. The lowest BCUT2D eigenvalue weighted by atomic mass is 9.69. The molecule has 4 bridgehead atoms. The standard InChI is InChI=1S/C32H33ClN2O6S2/c33-25-8-10-28-22(15-25)4-2-12-32(28)19-35-17-23-6-7-24(23)18-42(37,38)26-5-1-3-21(13-26)14-31(36)34-43(39,40)27-9-11-30(41-20-32)29(35)16-27/h1,3,5,8-11,13,15-16,23-24H,2,4,6-7,12,14,17-20H2,(H,34,36)/t23-,24-,32-/m0/s1. The number of ether oxygens (including phenoxy) is 1. The van der Waals surface area contributed by atoms with Gasteiger partial charge in [0.15, 0.2) is 9.84 Å². The van der Waals surface area contributed by atoms with Gasteiger partial charge >= 0.3 is 0 Å². The Morgan fingerprint density at radius 3 is 2.60 bits per heavy atom. The molecule has 1 amide bonds. The van der Waals surface area contributed by atoms with Crippen LogP contribution in [-0.2, 0) is 42.9 Å². The molecule has 0 aromatic heterocycles. The second-order valence-electron chi connectivity index (χ2n) is 12.5. The Morgan fingerprint density at radius 1 is 0.953 bits per heavy atom. The molecule has 1 fully saturated rings. The summed E-state index contributed by atoms with van der Waals surface area (Å²) in [7, 11) is -7.81. The molecule has 226 valence electrons. The van der Waals surface area contributed by atoms with Crippen LogP contribution in [0.3, 0.4) is 0 Å². The van der Waals surface area contributed by atoms with Gasteiger partial charge in [0, 0.05) is 23.5 Å². The number of anilines is 1. The number of nitrogens with one attached hydrogen (secondary N) is 1. The highest BCUT2D eigenvalue weighted by atomic mass is 35.5. The van der Waals surface area contributed by atoms with Gasteiger partial charge in [-0.05, 0) is 103 Å². The Bertz CT molecular complexity index is 1840. The minimum Gasteiger partial charge on any atom is -0.490 e. The molecule has 8 nitrogen and oxygen atoms in total. The van der Waals surface area contributed by atoms with Crippen LogP contribution in [0.1, 0.15) is 42.4 Å². The van der Waals surface area contributed by atoms with Crippen LogP contribution < -0.4 is 14.4 Å². The fraction of sp³-hybridized carbons (Fsp3) is 0.406. The smallest absolute Gasteiger partial charge is 0.264 e. The van der Waals surface area contributed by atoms with Crippen molar-refractivity contribution >= 4 is 43.1 Å². The third kappa shape index (κ3) is 5.31. The summed E-state index contributed by atoms with van der Waals surface area (Å²) in [5, 5.41) is 0.694. The summed E-state index contributed by atoms with van der Waals surface area (Å²) in [6, 6.07) is 17.0. The number of carbonyl (C=O) groups excluding carboxylic acids is 1. The van der Waals surface area contributed by atoms with Crippen molar-refractivity contribution in [3.63, 3.8) is 0 Å². The first-order valence-corrected chi connectivity index (χ1v) is 18.2. The first-order chi connectivity index (χ1) is 20.5. The van der Waals surface area contributed by atoms with E-state index in [-0.39, 0.29) is 39.2 Å². The fourth-order valence-electron chi connectivity index (χ4n) is 7.30. The summed E-state index contributed by atoms with van der Waals surface area (Å²) in [4.78, 5) is 15.2. The lowest BCUT2D eigenvalue weighted by molar-refractivity contribution is -0.118. The molecule has 1 saturated carbocycles. The summed E-state index contributed by atoms with van der Waals surface area (Å²) in [6.45, 7) is 1.58. The Hall–Kier alpha value is -3.08. The first kappa shape index (κ1) is 28.7. The largest absolute Gasteiger partial charge is 0.490 e. The van der Waals surface area contributed by atoms with E-state index in [1.165, 1.54) is 23.3 Å². The van der Waals surface area contributed by atoms with Crippen molar-refractivity contribution in [2.24, 2.45) is 11.8 Å². The second kappa shape index (κ2) is 10.5. The molecule has 3 aromatic carbocycles. The number of aryl methyl sites for hydroxylation is 1. The van der Waals surface area contributed by atoms with E-state index in [9.17, 15) is 21.6 Å². The molecular formula is C32H33ClN2O6S2. The van der Waals surface area contributed by atoms with Crippen molar-refractivity contribution in [1.82, 2.24) is 4.72 Å². The predicted octanol–water partition coefficient (Wildman–Crippen LogP) is 4.67. The molecule has 2 heterocycles. The third-order valence-electron chi connectivity index (χ3n) is 9.65. The van der Waals surface area contributed by atoms with Crippen molar-refractivity contribution in [1.29, 1.82) is 0 Å². The molecule has 3 atom stereocenters. The molecule has 1 N–H and O–H groups in total. The second-order valence-corrected chi connectivity index (χ2v) is 16.6. The van der Waals surface area contributed by atoms with E-state index in [0.29, 0.717) is 41.7 Å². The van der Waals surface area contributed by atoms with Crippen LogP contribution >= 0.6 is 11.6 Å². The van der Waals surface area contributed by atoms with Crippen LogP contribution in [0.2, 0.25) is 5.02 Å². The third-order valence-corrected chi connectivity index (χ3v) is 13.1. The van der Waals surface area contributed by atoms with E-state index in [0.717, 1.165) is 32.1 Å². The van der Waals surface area contributed by atoms with Crippen LogP contribution in [0.5, 0.6) is 5.75 Å². The normalized spacial score (nSPS) is 27.5. The maximum atomic E-state index is 13.5. The number of sulfone groups is 1. The zero-order valence-corrected chi connectivity index (χ0v) is 26.0. The van der Waals surface area contributed by atoms with Gasteiger partial charge in [0.05, 0.1) is 34.3 Å². The summed E-state index contributed by atoms with van der Waals surface area (Å²) in [6.07, 6.45) is 4.23. The average Bonchev–Trinajstić information content (AvgIpc) is 3.10. The highest BCUT2D eigenvalue weighted by molar-refractivity contribution is 7.91. The Labute approximate surface area is 257 Å². The van der Waals surface area contributed by atoms with Crippen LogP contribution in [0.15, 0.2) is 70.5 Å². The van der Waals surface area contributed by atoms with Crippen molar-refractivity contribution < 1.29 is 26.4 Å². The molecule has 0 saturated heterocycles. The number of benzene rings is 3. The number of fused-ring (bicyclic) bond motifs is 6. The monoisotopic (exact) mass is 640 g/mol. The number of halogens is 1. The SMILES string of the molecule is O=C1Cc2cccc(c2)S(=O)(=O)C[C@@H]2CC[C@H]2CN2C[C@@]3(CCCc4cc(Cl)ccc43)COc3ccc(cc32)S(=O)(=O)N1. The molecular weight excluding hydrogens is 608 g/mol. The number of hydrogen-bond donors (Lipinski definition) is 1. The zero-order chi connectivity index (χ0) is 30.0. The van der Waals surface area contributed by atoms with Crippen molar-refractivity contribution in [3.05, 3.63) is 82.4 Å². The van der Waals surface area contributed by atoms with Crippen LogP contribution in [0.25, 0.3) is 0 Å². The fourth-order valence-corrected chi connectivity index (χ4v) is 10.3. The molecule has 3 aromatic rings. The van der Waals surface area contributed by atoms with Gasteiger partial charge in [-0.1, -0.05) is 29.8 Å². The van der Waals surface area contributed by atoms with Crippen molar-refractivity contribution in [2.45, 2.75) is 53.7 Å². The molecule has 0 radical (unpaired) electrons. The maximum absolute atomic E-state index is 13.5. The lowest BCUT2D eigenvalue weighted by Gasteiger charge is -2.44. The van der Waals surface area contributed by atoms with Crippen LogP contribution in [0.4, 0.5) is 5.69 Å². The quantitative estimate of drug-likeness (QED) is 0.380. The molecule has 4 aliphatic rings. The molecule has 11 heteroatoms. The van der Waals surface area contributed by atoms with Crippen LogP contribution in [-0.4, -0.2) is 48.2 Å². The maximum Gasteiger partial charge on any atom is 0.264 e. The molecule has 0 unspecified atom stereocenters. The van der Waals surface area contributed by atoms with Gasteiger partial charge in [-0.3, -0.25) is 4.79 Å². The van der Waals surface area contributed by atoms with Crippen molar-refractivity contribution in [2.75, 3.05) is 30.3 Å². The van der Waals surface area contributed by atoms with E-state index in [4.69, 9.17) is 16.3 Å². The summed E-state index contributed by atoms with van der Waals surface area (Å²) in [5.74, 6) is -0.0475. The first-order valence-electron chi connectivity index (χ1n) is 14.7. The van der Waals surface area contributed by atoms with Crippen LogP contribution in [0, 0.1) is 11.8 Å². The number of hydrogen-bond acceptors (Lipinski definition) is 7. The van der Waals surface area contributed by atoms with Crippen molar-refractivity contribution in [3.8, 4) is 5.75 Å². The van der Waals surface area contributed by atoms with E-state index in [1.54, 1.807) is 30.3 Å². The highest BCUT2D eigenvalue weighted by Crippen LogP contribution is 2.46. The Morgan fingerprint density at radius 2 is 1.79 bits per heavy atom. The molecule has 2 aliphatic carbocycles. The number of nitrogens with zero attached hydrogens (tertiary/aromatic N) is 1. The highest BCUT2D eigenvalue weighted by Gasteiger charge is 2.44. The van der Waals surface area contributed by atoms with Gasteiger partial charge in [0.2, 0.25) is 5.91 Å². The Balaban J connectivity index is 1.33. The molecule has 2 aliphatic heterocycles. The number of carbonyl (C=O) groups is 1. The lowest BCUT2D eigenvalue weighted by Crippen LogP contribution is -2.49. The predicted molar refractivity (Wildman–Crippen MR) is 164 cm³/mol. The van der Waals surface area contributed by atoms with E-state index >= 15 is 0 Å². The molecule has 7 rings (SSSR count). The van der Waals surface area contributed by atoms with Gasteiger partial charge < -0.3 is 9.64 Å². The minimum atomic E-state index is -4.20. The Kier molecular flexibility index (Phi) is 7.02. The van der Waals surface area contributed by atoms with E-state index in [2.05, 4.69) is 15.7 Å². The molecule has 43 heavy (non-hydrogen) atoms. The van der Waals surface area contributed by atoms with Gasteiger partial charge in [-0.2, -0.15) is 0 Å².